The minimum absolute atomic E-state index is 0.0358. The van der Waals surface area contributed by atoms with Crippen molar-refractivity contribution in [3.05, 3.63) is 30.0 Å². The van der Waals surface area contributed by atoms with E-state index in [1.165, 1.54) is 6.07 Å². The number of amides is 1. The highest BCUT2D eigenvalue weighted by Crippen LogP contribution is 2.38. The van der Waals surface area contributed by atoms with E-state index in [4.69, 9.17) is 9.47 Å². The maximum Gasteiger partial charge on any atom is 0.407 e. The molecular formula is C20H27N5O5S. The van der Waals surface area contributed by atoms with E-state index in [1.807, 2.05) is 19.9 Å². The van der Waals surface area contributed by atoms with E-state index in [1.54, 1.807) is 12.1 Å². The number of nitrogens with one attached hydrogen (secondary N) is 4. The largest absolute Gasteiger partial charge is 0.489 e. The zero-order valence-corrected chi connectivity index (χ0v) is 18.3. The van der Waals surface area contributed by atoms with Crippen LogP contribution in [0.4, 0.5) is 16.3 Å². The molecule has 0 unspecified atom stereocenters. The van der Waals surface area contributed by atoms with Gasteiger partial charge in [-0.25, -0.2) is 17.9 Å². The molecular weight excluding hydrogens is 422 g/mol. The van der Waals surface area contributed by atoms with Crippen LogP contribution >= 0.6 is 0 Å². The molecule has 0 radical (unpaired) electrons. The molecule has 4 rings (SSSR count). The average Bonchev–Trinajstić information content (AvgIpc) is 3.31. The summed E-state index contributed by atoms with van der Waals surface area (Å²) in [5, 5.41) is 13.2. The van der Waals surface area contributed by atoms with Crippen molar-refractivity contribution in [2.75, 3.05) is 18.5 Å². The van der Waals surface area contributed by atoms with Crippen LogP contribution in [0, 0.1) is 0 Å². The maximum atomic E-state index is 12.4. The van der Waals surface area contributed by atoms with Gasteiger partial charge in [0, 0.05) is 30.3 Å². The van der Waals surface area contributed by atoms with E-state index >= 15 is 0 Å². The standard InChI is InChI=1S/C20H27N5O5S/c1-12(2)22-20(26)30-14-7-6-13(10-14)16-11-18(25-24-16)23-15-4-3-5-17-19(15)29-9-8-21-31(17,27)28/h3-5,11-14,21H,6-10H2,1-2H3,(H,22,26)(H2,23,24,25)/t13-,14+/m0/s1. The fourth-order valence-electron chi connectivity index (χ4n) is 3.88. The molecule has 1 fully saturated rings. The molecule has 1 aromatic carbocycles. The summed E-state index contributed by atoms with van der Waals surface area (Å²) in [6, 6.07) is 6.85. The molecule has 2 atom stereocenters. The predicted molar refractivity (Wildman–Crippen MR) is 114 cm³/mol. The third-order valence-electron chi connectivity index (χ3n) is 5.27. The number of hydrogen-bond acceptors (Lipinski definition) is 7. The Morgan fingerprint density at radius 3 is 2.97 bits per heavy atom. The van der Waals surface area contributed by atoms with Crippen molar-refractivity contribution in [2.24, 2.45) is 0 Å². The van der Waals surface area contributed by atoms with Crippen LogP contribution in [-0.2, 0) is 14.8 Å². The number of sulfonamides is 1. The fourth-order valence-corrected chi connectivity index (χ4v) is 5.06. The molecule has 168 valence electrons. The van der Waals surface area contributed by atoms with Crippen LogP contribution in [0.5, 0.6) is 5.75 Å². The minimum Gasteiger partial charge on any atom is -0.489 e. The third-order valence-corrected chi connectivity index (χ3v) is 6.76. The summed E-state index contributed by atoms with van der Waals surface area (Å²) in [7, 11) is -3.61. The van der Waals surface area contributed by atoms with Crippen molar-refractivity contribution < 1.29 is 22.7 Å². The van der Waals surface area contributed by atoms with E-state index in [0.717, 1.165) is 25.0 Å². The first-order valence-corrected chi connectivity index (χ1v) is 11.8. The highest BCUT2D eigenvalue weighted by atomic mass is 32.2. The normalized spacial score (nSPS) is 22.3. The average molecular weight is 450 g/mol. The molecule has 1 aromatic heterocycles. The molecule has 1 saturated carbocycles. The molecule has 1 amide bonds. The summed E-state index contributed by atoms with van der Waals surface area (Å²) in [4.78, 5) is 11.9. The number of H-pyrrole nitrogens is 1. The number of alkyl carbamates (subject to hydrolysis) is 1. The summed E-state index contributed by atoms with van der Waals surface area (Å²) >= 11 is 0. The van der Waals surface area contributed by atoms with Gasteiger partial charge in [-0.1, -0.05) is 6.07 Å². The highest BCUT2D eigenvalue weighted by Gasteiger charge is 2.30. The summed E-state index contributed by atoms with van der Waals surface area (Å²) in [5.74, 6) is 1.04. The van der Waals surface area contributed by atoms with Gasteiger partial charge in [0.1, 0.15) is 17.6 Å². The topological polar surface area (TPSA) is 134 Å². The van der Waals surface area contributed by atoms with Gasteiger partial charge >= 0.3 is 6.09 Å². The van der Waals surface area contributed by atoms with Gasteiger partial charge in [0.05, 0.1) is 5.69 Å². The second-order valence-corrected chi connectivity index (χ2v) is 9.78. The Kier molecular flexibility index (Phi) is 6.05. The summed E-state index contributed by atoms with van der Waals surface area (Å²) in [5.41, 5.74) is 1.47. The predicted octanol–water partition coefficient (Wildman–Crippen LogP) is 2.59. The Hall–Kier alpha value is -2.79. The summed E-state index contributed by atoms with van der Waals surface area (Å²) in [6.45, 7) is 4.23. The number of fused-ring (bicyclic) bond motifs is 1. The molecule has 11 heteroatoms. The van der Waals surface area contributed by atoms with Crippen LogP contribution < -0.4 is 20.1 Å². The van der Waals surface area contributed by atoms with Gasteiger partial charge in [-0.2, -0.15) is 5.10 Å². The number of carbonyl (C=O) groups excluding carboxylic acids is 1. The highest BCUT2D eigenvalue weighted by molar-refractivity contribution is 7.89. The number of hydrogen-bond donors (Lipinski definition) is 4. The molecule has 10 nitrogen and oxygen atoms in total. The molecule has 31 heavy (non-hydrogen) atoms. The Labute approximate surface area is 181 Å². The molecule has 2 aliphatic rings. The van der Waals surface area contributed by atoms with Crippen molar-refractivity contribution in [1.82, 2.24) is 20.2 Å². The lowest BCUT2D eigenvalue weighted by atomic mass is 10.0. The van der Waals surface area contributed by atoms with Gasteiger partial charge in [0.25, 0.3) is 0 Å². The number of anilines is 2. The summed E-state index contributed by atoms with van der Waals surface area (Å²) in [6.07, 6.45) is 1.89. The number of ether oxygens (including phenoxy) is 2. The maximum absolute atomic E-state index is 12.4. The van der Waals surface area contributed by atoms with Crippen LogP contribution in [0.15, 0.2) is 29.2 Å². The van der Waals surface area contributed by atoms with E-state index in [2.05, 4.69) is 25.6 Å². The Balaban J connectivity index is 1.43. The van der Waals surface area contributed by atoms with Crippen LogP contribution in [0.2, 0.25) is 0 Å². The number of para-hydroxylation sites is 1. The quantitative estimate of drug-likeness (QED) is 0.551. The van der Waals surface area contributed by atoms with Gasteiger partial charge < -0.3 is 20.1 Å². The van der Waals surface area contributed by atoms with Crippen molar-refractivity contribution in [2.45, 2.75) is 56.1 Å². The number of benzene rings is 1. The number of aromatic amines is 1. The van der Waals surface area contributed by atoms with Crippen molar-refractivity contribution in [3.8, 4) is 5.75 Å². The molecule has 0 bridgehead atoms. The number of rotatable bonds is 5. The third kappa shape index (κ3) is 4.93. The molecule has 4 N–H and O–H groups in total. The first-order chi connectivity index (χ1) is 14.8. The van der Waals surface area contributed by atoms with Gasteiger partial charge in [0.15, 0.2) is 11.6 Å². The van der Waals surface area contributed by atoms with Crippen molar-refractivity contribution in [1.29, 1.82) is 0 Å². The number of carbonyl (C=O) groups is 1. The second kappa shape index (κ2) is 8.75. The van der Waals surface area contributed by atoms with Crippen molar-refractivity contribution >= 4 is 27.6 Å². The molecule has 2 aromatic rings. The van der Waals surface area contributed by atoms with Crippen LogP contribution in [0.25, 0.3) is 0 Å². The van der Waals surface area contributed by atoms with E-state index in [-0.39, 0.29) is 48.0 Å². The Bertz CT molecular complexity index is 1050. The van der Waals surface area contributed by atoms with Gasteiger partial charge in [-0.3, -0.25) is 5.10 Å². The smallest absolute Gasteiger partial charge is 0.407 e. The number of aromatic nitrogens is 2. The van der Waals surface area contributed by atoms with Crippen LogP contribution in [-0.4, -0.2) is 50.0 Å². The van der Waals surface area contributed by atoms with Gasteiger partial charge in [-0.05, 0) is 45.2 Å². The fraction of sp³-hybridized carbons (Fsp3) is 0.500. The number of nitrogens with zero attached hydrogens (tertiary/aromatic N) is 1. The zero-order valence-electron chi connectivity index (χ0n) is 17.5. The monoisotopic (exact) mass is 449 g/mol. The van der Waals surface area contributed by atoms with Crippen molar-refractivity contribution in [3.63, 3.8) is 0 Å². The first-order valence-electron chi connectivity index (χ1n) is 10.4. The molecule has 0 spiro atoms. The van der Waals surface area contributed by atoms with Crippen LogP contribution in [0.1, 0.15) is 44.7 Å². The molecule has 1 aliphatic carbocycles. The van der Waals surface area contributed by atoms with E-state index in [9.17, 15) is 13.2 Å². The Morgan fingerprint density at radius 1 is 1.32 bits per heavy atom. The minimum atomic E-state index is -3.61. The van der Waals surface area contributed by atoms with Gasteiger partial charge in [0.2, 0.25) is 10.0 Å². The SMILES string of the molecule is CC(C)NC(=O)O[C@@H]1CC[C@H](c2cc(Nc3cccc4c3OCCNS4(=O)=O)n[nH]2)C1. The van der Waals surface area contributed by atoms with E-state index < -0.39 is 10.0 Å². The first kappa shape index (κ1) is 21.4. The van der Waals surface area contributed by atoms with Crippen LogP contribution in [0.3, 0.4) is 0 Å². The lowest BCUT2D eigenvalue weighted by Gasteiger charge is -2.14. The Morgan fingerprint density at radius 2 is 2.16 bits per heavy atom. The zero-order chi connectivity index (χ0) is 22.0. The van der Waals surface area contributed by atoms with Gasteiger partial charge in [-0.15, -0.1) is 0 Å². The molecule has 1 aliphatic heterocycles. The molecule has 2 heterocycles. The lowest BCUT2D eigenvalue weighted by Crippen LogP contribution is -2.33. The lowest BCUT2D eigenvalue weighted by molar-refractivity contribution is 0.0981. The molecule has 0 saturated heterocycles. The summed E-state index contributed by atoms with van der Waals surface area (Å²) < 4.78 is 38.4. The van der Waals surface area contributed by atoms with E-state index in [0.29, 0.717) is 11.5 Å². The second-order valence-electron chi connectivity index (χ2n) is 8.05.